The maximum absolute atomic E-state index is 14.3. The number of rotatable bonds is 10. The molecule has 1 aliphatic rings. The molecule has 4 atom stereocenters. The summed E-state index contributed by atoms with van der Waals surface area (Å²) in [6.45, 7) is 10.9. The van der Waals surface area contributed by atoms with Gasteiger partial charge in [-0.2, -0.15) is 0 Å². The lowest BCUT2D eigenvalue weighted by Crippen LogP contribution is -2.48. The first-order valence-electron chi connectivity index (χ1n) is 16.5. The Morgan fingerprint density at radius 2 is 1.89 bits per heavy atom. The van der Waals surface area contributed by atoms with Gasteiger partial charge in [-0.3, -0.25) is 9.59 Å². The molecule has 1 aromatic heterocycles. The number of fused-ring (bicyclic) bond motifs is 1. The topological polar surface area (TPSA) is 150 Å². The van der Waals surface area contributed by atoms with E-state index in [1.165, 1.54) is 0 Å². The smallest absolute Gasteiger partial charge is 0.323 e. The molecule has 3 N–H and O–H groups in total. The Morgan fingerprint density at radius 3 is 2.55 bits per heavy atom. The second-order valence-corrected chi connectivity index (χ2v) is 13.0. The molecule has 3 rings (SSSR count). The fourth-order valence-corrected chi connectivity index (χ4v) is 5.51. The lowest BCUT2D eigenvalue weighted by atomic mass is 10.0. The number of aryl methyl sites for hydroxylation is 2. The Hall–Kier alpha value is -3.68. The van der Waals surface area contributed by atoms with Gasteiger partial charge in [-0.1, -0.05) is 12.1 Å². The SMILES string of the molecule is Cc1noc(C)c1NC(=O)Nc1ccc2c(c1)C(=O)N([C@@H](C)CO)C[C@H](C)[C@@H](CN(C)C(=O)CCCN(C)C)OCCCC[C@H](C)O2. The van der Waals surface area contributed by atoms with Crippen LogP contribution in [-0.4, -0.2) is 115 Å². The standard InChI is InChI=1S/C34H54N6O7/c1-22-19-40(23(2)21-41)33(43)28-18-27(35-34(44)36-32-25(4)37-47-26(32)5)14-15-29(28)46-24(3)12-9-10-17-45-30(22)20-39(8)31(42)13-11-16-38(6)7/h14-15,18,22-24,30,41H,9-13,16-17,19-21H2,1-8H3,(H2,35,36,44)/t22-,23-,24-,30+/m0/s1. The fourth-order valence-electron chi connectivity index (χ4n) is 5.51. The lowest BCUT2D eigenvalue weighted by molar-refractivity contribution is -0.132. The van der Waals surface area contributed by atoms with Crippen LogP contribution >= 0.6 is 0 Å². The molecule has 0 bridgehead atoms. The Labute approximate surface area is 278 Å². The average Bonchev–Trinajstić information content (AvgIpc) is 3.34. The van der Waals surface area contributed by atoms with Gasteiger partial charge in [-0.25, -0.2) is 4.79 Å². The average molecular weight is 659 g/mol. The number of ether oxygens (including phenoxy) is 2. The van der Waals surface area contributed by atoms with Crippen molar-refractivity contribution in [2.75, 3.05) is 64.6 Å². The van der Waals surface area contributed by atoms with Gasteiger partial charge in [-0.15, -0.1) is 0 Å². The van der Waals surface area contributed by atoms with Crippen molar-refractivity contribution in [2.24, 2.45) is 5.92 Å². The number of aliphatic hydroxyl groups is 1. The zero-order valence-corrected chi connectivity index (χ0v) is 29.3. The number of hydrogen-bond acceptors (Lipinski definition) is 9. The van der Waals surface area contributed by atoms with Crippen LogP contribution < -0.4 is 15.4 Å². The summed E-state index contributed by atoms with van der Waals surface area (Å²) in [7, 11) is 5.77. The van der Waals surface area contributed by atoms with Crippen molar-refractivity contribution in [3.05, 3.63) is 35.2 Å². The van der Waals surface area contributed by atoms with Crippen LogP contribution in [0, 0.1) is 19.8 Å². The minimum Gasteiger partial charge on any atom is -0.490 e. The number of hydrogen-bond donors (Lipinski definition) is 3. The van der Waals surface area contributed by atoms with E-state index >= 15 is 0 Å². The van der Waals surface area contributed by atoms with Crippen molar-refractivity contribution in [3.63, 3.8) is 0 Å². The fraction of sp³-hybridized carbons (Fsp3) is 0.647. The molecule has 4 amide bonds. The van der Waals surface area contributed by atoms with E-state index in [4.69, 9.17) is 14.0 Å². The molecule has 0 radical (unpaired) electrons. The van der Waals surface area contributed by atoms with Gasteiger partial charge in [0.05, 0.1) is 30.4 Å². The van der Waals surface area contributed by atoms with E-state index in [9.17, 15) is 19.5 Å². The van der Waals surface area contributed by atoms with E-state index in [2.05, 4.69) is 20.7 Å². The van der Waals surface area contributed by atoms with Gasteiger partial charge >= 0.3 is 6.03 Å². The number of nitrogens with one attached hydrogen (secondary N) is 2. The summed E-state index contributed by atoms with van der Waals surface area (Å²) in [6.07, 6.45) is 3.14. The van der Waals surface area contributed by atoms with E-state index < -0.39 is 12.1 Å². The molecule has 13 heteroatoms. The highest BCUT2D eigenvalue weighted by molar-refractivity contribution is 6.03. The molecule has 0 saturated heterocycles. The van der Waals surface area contributed by atoms with Crippen molar-refractivity contribution in [1.82, 2.24) is 19.9 Å². The largest absolute Gasteiger partial charge is 0.490 e. The van der Waals surface area contributed by atoms with Crippen molar-refractivity contribution in [3.8, 4) is 5.75 Å². The summed E-state index contributed by atoms with van der Waals surface area (Å²) in [6, 6.07) is 3.94. The number of urea groups is 1. The third-order valence-corrected chi connectivity index (χ3v) is 8.46. The van der Waals surface area contributed by atoms with Crippen LogP contribution in [0.25, 0.3) is 0 Å². The molecule has 1 aromatic carbocycles. The summed E-state index contributed by atoms with van der Waals surface area (Å²) in [5.41, 5.74) is 1.68. The number of likely N-dealkylation sites (N-methyl/N-ethyl adjacent to an activating group) is 1. The normalized spacial score (nSPS) is 20.2. The van der Waals surface area contributed by atoms with E-state index in [-0.39, 0.29) is 48.7 Å². The maximum atomic E-state index is 14.3. The maximum Gasteiger partial charge on any atom is 0.323 e. The van der Waals surface area contributed by atoms with E-state index in [0.29, 0.717) is 48.2 Å². The van der Waals surface area contributed by atoms with Gasteiger partial charge in [0.15, 0.2) is 5.76 Å². The molecular weight excluding hydrogens is 604 g/mol. The number of nitrogens with zero attached hydrogens (tertiary/aromatic N) is 4. The van der Waals surface area contributed by atoms with Crippen LogP contribution in [0.1, 0.15) is 74.7 Å². The van der Waals surface area contributed by atoms with Crippen LogP contribution in [-0.2, 0) is 9.53 Å². The minimum atomic E-state index is -0.520. The van der Waals surface area contributed by atoms with Crippen molar-refractivity contribution in [1.29, 1.82) is 0 Å². The van der Waals surface area contributed by atoms with Gasteiger partial charge in [0.25, 0.3) is 5.91 Å². The zero-order chi connectivity index (χ0) is 34.7. The predicted molar refractivity (Wildman–Crippen MR) is 181 cm³/mol. The summed E-state index contributed by atoms with van der Waals surface area (Å²) < 4.78 is 17.8. The monoisotopic (exact) mass is 658 g/mol. The first kappa shape index (κ1) is 37.8. The Balaban J connectivity index is 1.88. The highest BCUT2D eigenvalue weighted by Gasteiger charge is 2.31. The number of carbonyl (C=O) groups excluding carboxylic acids is 3. The van der Waals surface area contributed by atoms with Crippen molar-refractivity contribution in [2.45, 2.75) is 85.0 Å². The van der Waals surface area contributed by atoms with Crippen molar-refractivity contribution < 1.29 is 33.5 Å². The Morgan fingerprint density at radius 1 is 1.15 bits per heavy atom. The first-order valence-corrected chi connectivity index (χ1v) is 16.5. The third kappa shape index (κ3) is 11.2. The van der Waals surface area contributed by atoms with Gasteiger partial charge in [0.1, 0.15) is 17.1 Å². The number of carbonyl (C=O) groups is 3. The molecular formula is C34H54N6O7. The number of amides is 4. The van der Waals surface area contributed by atoms with E-state index in [1.807, 2.05) is 27.9 Å². The van der Waals surface area contributed by atoms with Gasteiger partial charge < -0.3 is 44.4 Å². The second-order valence-electron chi connectivity index (χ2n) is 13.0. The summed E-state index contributed by atoms with van der Waals surface area (Å²) in [4.78, 5) is 45.6. The predicted octanol–water partition coefficient (Wildman–Crippen LogP) is 4.53. The van der Waals surface area contributed by atoms with Crippen LogP contribution in [0.3, 0.4) is 0 Å². The summed E-state index contributed by atoms with van der Waals surface area (Å²) >= 11 is 0. The lowest BCUT2D eigenvalue weighted by Gasteiger charge is -2.36. The van der Waals surface area contributed by atoms with Crippen LogP contribution in [0.15, 0.2) is 22.7 Å². The minimum absolute atomic E-state index is 0.0528. The van der Waals surface area contributed by atoms with E-state index in [1.54, 1.807) is 55.8 Å². The Kier molecular flexibility index (Phi) is 14.5. The molecule has 262 valence electrons. The number of anilines is 2. The molecule has 2 heterocycles. The number of aromatic nitrogens is 1. The highest BCUT2D eigenvalue weighted by atomic mass is 16.5. The van der Waals surface area contributed by atoms with Gasteiger partial charge in [0, 0.05) is 44.8 Å². The van der Waals surface area contributed by atoms with Crippen LogP contribution in [0.4, 0.5) is 16.2 Å². The van der Waals surface area contributed by atoms with E-state index in [0.717, 1.165) is 32.2 Å². The molecule has 0 fully saturated rings. The zero-order valence-electron chi connectivity index (χ0n) is 29.3. The molecule has 0 unspecified atom stereocenters. The summed E-state index contributed by atoms with van der Waals surface area (Å²) in [5, 5.41) is 19.6. The van der Waals surface area contributed by atoms with Gasteiger partial charge in [0.2, 0.25) is 5.91 Å². The molecule has 47 heavy (non-hydrogen) atoms. The number of aliphatic hydroxyl groups excluding tert-OH is 1. The number of benzene rings is 1. The van der Waals surface area contributed by atoms with Gasteiger partial charge in [-0.05, 0) is 92.2 Å². The molecule has 2 aromatic rings. The molecule has 13 nitrogen and oxygen atoms in total. The second kappa shape index (κ2) is 18.0. The highest BCUT2D eigenvalue weighted by Crippen LogP contribution is 2.29. The molecule has 1 aliphatic heterocycles. The Bertz CT molecular complexity index is 1310. The molecule has 0 aliphatic carbocycles. The quantitative estimate of drug-likeness (QED) is 0.335. The molecule has 0 saturated carbocycles. The summed E-state index contributed by atoms with van der Waals surface area (Å²) in [5.74, 6) is 0.411. The first-order chi connectivity index (χ1) is 22.3. The third-order valence-electron chi connectivity index (χ3n) is 8.46. The molecule has 0 spiro atoms. The van der Waals surface area contributed by atoms with Crippen LogP contribution in [0.5, 0.6) is 5.75 Å². The van der Waals surface area contributed by atoms with Crippen molar-refractivity contribution >= 4 is 29.2 Å². The van der Waals surface area contributed by atoms with Crippen LogP contribution in [0.2, 0.25) is 0 Å².